The summed E-state index contributed by atoms with van der Waals surface area (Å²) in [6, 6.07) is 7.22. The van der Waals surface area contributed by atoms with E-state index >= 15 is 0 Å². The first-order chi connectivity index (χ1) is 9.92. The van der Waals surface area contributed by atoms with E-state index in [0.29, 0.717) is 12.0 Å². The zero-order valence-corrected chi connectivity index (χ0v) is 12.6. The average molecular weight is 326 g/mol. The summed E-state index contributed by atoms with van der Waals surface area (Å²) in [5, 5.41) is 0.123. The predicted octanol–water partition coefficient (Wildman–Crippen LogP) is 2.52. The molecule has 0 fully saturated rings. The summed E-state index contributed by atoms with van der Waals surface area (Å²) in [6.45, 7) is 1.71. The van der Waals surface area contributed by atoms with Crippen LogP contribution in [0, 0.1) is 0 Å². The molecule has 1 N–H and O–H groups in total. The van der Waals surface area contributed by atoms with Crippen LogP contribution in [-0.2, 0) is 10.0 Å². The molecule has 8 heteroatoms. The minimum Gasteiger partial charge on any atom is -0.294 e. The maximum Gasteiger partial charge on any atom is 0.264 e. The third-order valence-electron chi connectivity index (χ3n) is 2.63. The maximum absolute atomic E-state index is 12.2. The summed E-state index contributed by atoms with van der Waals surface area (Å²) in [6.07, 6.45) is 1.64. The van der Waals surface area contributed by atoms with Crippen molar-refractivity contribution in [2.45, 2.75) is 18.2 Å². The van der Waals surface area contributed by atoms with Gasteiger partial charge in [0.05, 0.1) is 4.90 Å². The lowest BCUT2D eigenvalue weighted by atomic mass is 10.1. The normalized spacial score (nSPS) is 11.1. The van der Waals surface area contributed by atoms with Gasteiger partial charge in [-0.05, 0) is 18.2 Å². The Balaban J connectivity index is 2.33. The van der Waals surface area contributed by atoms with Crippen LogP contribution >= 0.6 is 11.6 Å². The summed E-state index contributed by atoms with van der Waals surface area (Å²) in [5.74, 6) is -0.263. The molecule has 110 valence electrons. The van der Waals surface area contributed by atoms with Crippen LogP contribution in [0.1, 0.15) is 23.7 Å². The molecule has 2 aromatic rings. The topological polar surface area (TPSA) is 89.0 Å². The SMILES string of the molecule is CCC(=O)c1cccc(S(=O)(=O)Nc2nccc(Cl)n2)c1. The molecule has 0 saturated carbocycles. The fourth-order valence-electron chi connectivity index (χ4n) is 1.61. The Labute approximate surface area is 127 Å². The number of halogens is 1. The van der Waals surface area contributed by atoms with Crippen molar-refractivity contribution < 1.29 is 13.2 Å². The standard InChI is InChI=1S/C13H12ClN3O3S/c1-2-11(18)9-4-3-5-10(8-9)21(19,20)17-13-15-7-6-12(14)16-13/h3-8H,2H2,1H3,(H,15,16,17). The van der Waals surface area contributed by atoms with Crippen molar-refractivity contribution >= 4 is 33.4 Å². The molecule has 1 heterocycles. The molecular weight excluding hydrogens is 314 g/mol. The number of carbonyl (C=O) groups excluding carboxylic acids is 1. The lowest BCUT2D eigenvalue weighted by Gasteiger charge is -2.07. The van der Waals surface area contributed by atoms with Gasteiger partial charge in [-0.25, -0.2) is 23.1 Å². The van der Waals surface area contributed by atoms with Gasteiger partial charge < -0.3 is 0 Å². The fourth-order valence-corrected chi connectivity index (χ4v) is 2.74. The summed E-state index contributed by atoms with van der Waals surface area (Å²) in [5.41, 5.74) is 0.340. The number of ketones is 1. The molecule has 2 rings (SSSR count). The Hall–Kier alpha value is -1.99. The Bertz CT molecular complexity index is 778. The van der Waals surface area contributed by atoms with Crippen molar-refractivity contribution in [2.24, 2.45) is 0 Å². The highest BCUT2D eigenvalue weighted by molar-refractivity contribution is 7.92. The number of sulfonamides is 1. The van der Waals surface area contributed by atoms with Crippen molar-refractivity contribution in [3.8, 4) is 0 Å². The van der Waals surface area contributed by atoms with E-state index in [1.165, 1.54) is 30.5 Å². The molecular formula is C13H12ClN3O3S. The Morgan fingerprint density at radius 2 is 2.10 bits per heavy atom. The number of benzene rings is 1. The molecule has 0 aliphatic rings. The number of carbonyl (C=O) groups is 1. The van der Waals surface area contributed by atoms with E-state index in [1.807, 2.05) is 0 Å². The van der Waals surface area contributed by atoms with Crippen molar-refractivity contribution in [3.63, 3.8) is 0 Å². The molecule has 1 aromatic carbocycles. The smallest absolute Gasteiger partial charge is 0.264 e. The largest absolute Gasteiger partial charge is 0.294 e. The number of hydrogen-bond donors (Lipinski definition) is 1. The Morgan fingerprint density at radius 3 is 2.76 bits per heavy atom. The van der Waals surface area contributed by atoms with E-state index in [-0.39, 0.29) is 21.8 Å². The third-order valence-corrected chi connectivity index (χ3v) is 4.17. The summed E-state index contributed by atoms with van der Waals surface area (Å²) in [4.78, 5) is 19.1. The Kier molecular flexibility index (Phi) is 4.54. The Morgan fingerprint density at radius 1 is 1.33 bits per heavy atom. The minimum atomic E-state index is -3.88. The number of Topliss-reactive ketones (excluding diaryl/α,β-unsaturated/α-hetero) is 1. The highest BCUT2D eigenvalue weighted by Crippen LogP contribution is 2.16. The zero-order valence-electron chi connectivity index (χ0n) is 11.1. The molecule has 1 aromatic heterocycles. The van der Waals surface area contributed by atoms with E-state index < -0.39 is 10.0 Å². The van der Waals surface area contributed by atoms with Gasteiger partial charge in [0.2, 0.25) is 5.95 Å². The number of nitrogens with one attached hydrogen (secondary N) is 1. The number of rotatable bonds is 5. The first-order valence-electron chi connectivity index (χ1n) is 6.07. The van der Waals surface area contributed by atoms with E-state index in [2.05, 4.69) is 14.7 Å². The van der Waals surface area contributed by atoms with Crippen molar-refractivity contribution in [2.75, 3.05) is 4.72 Å². The number of nitrogens with zero attached hydrogens (tertiary/aromatic N) is 2. The molecule has 21 heavy (non-hydrogen) atoms. The lowest BCUT2D eigenvalue weighted by molar-refractivity contribution is 0.0988. The predicted molar refractivity (Wildman–Crippen MR) is 78.9 cm³/mol. The lowest BCUT2D eigenvalue weighted by Crippen LogP contribution is -2.15. The quantitative estimate of drug-likeness (QED) is 0.674. The van der Waals surface area contributed by atoms with Crippen LogP contribution in [0.25, 0.3) is 0 Å². The molecule has 0 unspecified atom stereocenters. The second-order valence-corrected chi connectivity index (χ2v) is 6.18. The van der Waals surface area contributed by atoms with Gasteiger partial charge >= 0.3 is 0 Å². The monoisotopic (exact) mass is 325 g/mol. The van der Waals surface area contributed by atoms with Gasteiger partial charge in [0.25, 0.3) is 10.0 Å². The van der Waals surface area contributed by atoms with E-state index in [1.54, 1.807) is 13.0 Å². The molecule has 0 saturated heterocycles. The van der Waals surface area contributed by atoms with Gasteiger partial charge in [-0.3, -0.25) is 4.79 Å². The van der Waals surface area contributed by atoms with Gasteiger partial charge in [-0.2, -0.15) is 0 Å². The number of aromatic nitrogens is 2. The van der Waals surface area contributed by atoms with Crippen molar-refractivity contribution in [1.29, 1.82) is 0 Å². The molecule has 0 aliphatic carbocycles. The van der Waals surface area contributed by atoms with Gasteiger partial charge in [0.15, 0.2) is 5.78 Å². The van der Waals surface area contributed by atoms with Gasteiger partial charge in [0.1, 0.15) is 5.15 Å². The maximum atomic E-state index is 12.2. The highest BCUT2D eigenvalue weighted by atomic mass is 35.5. The first kappa shape index (κ1) is 15.4. The van der Waals surface area contributed by atoms with Crippen LogP contribution < -0.4 is 4.72 Å². The van der Waals surface area contributed by atoms with E-state index in [0.717, 1.165) is 0 Å². The first-order valence-corrected chi connectivity index (χ1v) is 7.93. The summed E-state index contributed by atoms with van der Waals surface area (Å²) >= 11 is 5.67. The molecule has 6 nitrogen and oxygen atoms in total. The van der Waals surface area contributed by atoms with Gasteiger partial charge in [-0.15, -0.1) is 0 Å². The van der Waals surface area contributed by atoms with Crippen LogP contribution in [0.4, 0.5) is 5.95 Å². The van der Waals surface area contributed by atoms with Gasteiger partial charge in [0, 0.05) is 18.2 Å². The molecule has 0 atom stereocenters. The van der Waals surface area contributed by atoms with Crippen LogP contribution in [-0.4, -0.2) is 24.2 Å². The fraction of sp³-hybridized carbons (Fsp3) is 0.154. The summed E-state index contributed by atoms with van der Waals surface area (Å²) in [7, 11) is -3.88. The van der Waals surface area contributed by atoms with Crippen molar-refractivity contribution in [3.05, 3.63) is 47.2 Å². The highest BCUT2D eigenvalue weighted by Gasteiger charge is 2.17. The van der Waals surface area contributed by atoms with Crippen LogP contribution in [0.5, 0.6) is 0 Å². The minimum absolute atomic E-state index is 0.0367. The number of hydrogen-bond acceptors (Lipinski definition) is 5. The molecule has 0 spiro atoms. The van der Waals surface area contributed by atoms with Crippen molar-refractivity contribution in [1.82, 2.24) is 9.97 Å². The molecule has 0 radical (unpaired) electrons. The zero-order chi connectivity index (χ0) is 15.5. The third kappa shape index (κ3) is 3.77. The molecule has 0 aliphatic heterocycles. The van der Waals surface area contributed by atoms with E-state index in [9.17, 15) is 13.2 Å². The molecule has 0 bridgehead atoms. The summed E-state index contributed by atoms with van der Waals surface area (Å²) < 4.78 is 26.7. The van der Waals surface area contributed by atoms with Crippen LogP contribution in [0.15, 0.2) is 41.4 Å². The van der Waals surface area contributed by atoms with Gasteiger partial charge in [-0.1, -0.05) is 30.7 Å². The van der Waals surface area contributed by atoms with Crippen LogP contribution in [0.2, 0.25) is 5.15 Å². The second kappa shape index (κ2) is 6.19. The van der Waals surface area contributed by atoms with Crippen LogP contribution in [0.3, 0.4) is 0 Å². The van der Waals surface area contributed by atoms with E-state index in [4.69, 9.17) is 11.6 Å². The molecule has 0 amide bonds. The second-order valence-electron chi connectivity index (χ2n) is 4.11. The average Bonchev–Trinajstić information content (AvgIpc) is 2.46. The number of anilines is 1.